The van der Waals surface area contributed by atoms with E-state index in [2.05, 4.69) is 42.1 Å². The molecule has 1 aliphatic heterocycles. The Bertz CT molecular complexity index is 1340. The predicted molar refractivity (Wildman–Crippen MR) is 163 cm³/mol. The highest BCUT2D eigenvalue weighted by atomic mass is 16.6. The summed E-state index contributed by atoms with van der Waals surface area (Å²) in [5.41, 5.74) is 3.30. The van der Waals surface area contributed by atoms with Gasteiger partial charge in [-0.05, 0) is 117 Å². The van der Waals surface area contributed by atoms with E-state index >= 15 is 0 Å². The van der Waals surface area contributed by atoms with Crippen molar-refractivity contribution in [2.45, 2.75) is 58.8 Å². The fraction of sp³-hybridized carbons (Fsp3) is 0.629. The maximum atomic E-state index is 13.7. The van der Waals surface area contributed by atoms with Crippen molar-refractivity contribution in [2.24, 2.45) is 39.9 Å². The summed E-state index contributed by atoms with van der Waals surface area (Å²) in [4.78, 5) is 43.2. The molecule has 7 rings (SSSR count). The minimum absolute atomic E-state index is 0.0410. The molecule has 1 spiro atoms. The fourth-order valence-corrected chi connectivity index (χ4v) is 10.3. The van der Waals surface area contributed by atoms with Crippen LogP contribution in [0, 0.1) is 39.9 Å². The lowest BCUT2D eigenvalue weighted by molar-refractivity contribution is -0.136. The number of carbonyl (C=O) groups is 3. The topological polar surface area (TPSA) is 79.0 Å². The van der Waals surface area contributed by atoms with Crippen LogP contribution >= 0.6 is 0 Å². The van der Waals surface area contributed by atoms with Crippen LogP contribution in [0.1, 0.15) is 58.8 Å². The van der Waals surface area contributed by atoms with Gasteiger partial charge in [-0.3, -0.25) is 14.9 Å². The number of hydrogen-bond acceptors (Lipinski definition) is 6. The molecule has 224 valence electrons. The van der Waals surface area contributed by atoms with Crippen molar-refractivity contribution < 1.29 is 19.1 Å². The molecule has 1 aromatic carbocycles. The third-order valence-corrected chi connectivity index (χ3v) is 12.4. The summed E-state index contributed by atoms with van der Waals surface area (Å²) < 4.78 is 5.51. The van der Waals surface area contributed by atoms with Crippen LogP contribution in [0.4, 0.5) is 16.2 Å². The highest BCUT2D eigenvalue weighted by Gasteiger charge is 2.70. The molecule has 5 aliphatic carbocycles. The van der Waals surface area contributed by atoms with Crippen LogP contribution in [-0.4, -0.2) is 62.4 Å². The largest absolute Gasteiger partial charge is 0.441 e. The highest BCUT2D eigenvalue weighted by molar-refractivity contribution is 6.01. The number of ketones is 2. The second-order valence-corrected chi connectivity index (χ2v) is 14.7. The number of carbonyl (C=O) groups excluding carboxylic acids is 3. The average Bonchev–Trinajstić information content (AvgIpc) is 3.63. The molecule has 1 N–H and O–H groups in total. The standard InChI is InChI=1S/C35H45N3O4/c1-33-13-12-26(39)20-23(33)4-9-27-28-10-11-29(34(28,2)22-35(14-15-35)31(27)33)30(40)21-42-32(41)36-24-5-7-25(8-6-24)38-18-16-37(3)17-19-38/h5-8,12-13,20,27-29,31H,4,9-11,14-19,21-22H2,1-3H3,(H,36,41). The van der Waals surface area contributed by atoms with Crippen molar-refractivity contribution >= 4 is 29.0 Å². The van der Waals surface area contributed by atoms with E-state index in [4.69, 9.17) is 4.74 Å². The first-order valence-electron chi connectivity index (χ1n) is 16.1. The number of rotatable bonds is 5. The van der Waals surface area contributed by atoms with E-state index < -0.39 is 6.09 Å². The molecule has 42 heavy (non-hydrogen) atoms. The SMILES string of the molecule is CN1CCN(c2ccc(NC(=O)OCC(=O)C3CCC4C5CCC6=CC(=O)C=CC6(C)C5C5(CC5)CC34C)cc2)CC1. The lowest BCUT2D eigenvalue weighted by Crippen LogP contribution is -2.55. The summed E-state index contributed by atoms with van der Waals surface area (Å²) in [7, 11) is 2.14. The van der Waals surface area contributed by atoms with Gasteiger partial charge in [0.25, 0.3) is 0 Å². The Kier molecular flexibility index (Phi) is 6.69. The van der Waals surface area contributed by atoms with Crippen LogP contribution < -0.4 is 10.2 Å². The van der Waals surface area contributed by atoms with Gasteiger partial charge in [-0.2, -0.15) is 0 Å². The molecule has 0 radical (unpaired) electrons. The maximum absolute atomic E-state index is 13.7. The van der Waals surface area contributed by atoms with Crippen molar-refractivity contribution in [2.75, 3.05) is 50.1 Å². The molecule has 0 bridgehead atoms. The van der Waals surface area contributed by atoms with E-state index in [0.717, 1.165) is 64.0 Å². The number of benzene rings is 1. The monoisotopic (exact) mass is 571 g/mol. The van der Waals surface area contributed by atoms with Gasteiger partial charge in [0, 0.05) is 48.9 Å². The summed E-state index contributed by atoms with van der Waals surface area (Å²) in [6.07, 6.45) is 12.9. The molecule has 1 saturated heterocycles. The summed E-state index contributed by atoms with van der Waals surface area (Å²) in [5, 5.41) is 2.81. The van der Waals surface area contributed by atoms with Crippen molar-refractivity contribution in [1.82, 2.24) is 4.90 Å². The quantitative estimate of drug-likeness (QED) is 0.476. The Balaban J connectivity index is 0.986. The van der Waals surface area contributed by atoms with Gasteiger partial charge < -0.3 is 14.5 Å². The van der Waals surface area contributed by atoms with E-state index in [1.54, 1.807) is 6.08 Å². The average molecular weight is 572 g/mol. The predicted octanol–water partition coefficient (Wildman–Crippen LogP) is 5.87. The number of allylic oxidation sites excluding steroid dienone is 4. The Hall–Kier alpha value is -2.93. The molecule has 1 aromatic rings. The number of likely N-dealkylation sites (N-methyl/N-ethyl adjacent to an activating group) is 1. The molecule has 6 aliphatic rings. The van der Waals surface area contributed by atoms with Crippen LogP contribution in [0.2, 0.25) is 0 Å². The zero-order valence-electron chi connectivity index (χ0n) is 25.4. The van der Waals surface area contributed by atoms with Gasteiger partial charge in [0.15, 0.2) is 18.2 Å². The van der Waals surface area contributed by atoms with Crippen molar-refractivity contribution in [3.63, 3.8) is 0 Å². The second kappa shape index (κ2) is 10.1. The van der Waals surface area contributed by atoms with Gasteiger partial charge in [0.1, 0.15) is 0 Å². The molecule has 6 unspecified atom stereocenters. The summed E-state index contributed by atoms with van der Waals surface area (Å²) >= 11 is 0. The van der Waals surface area contributed by atoms with Gasteiger partial charge >= 0.3 is 6.09 Å². The third kappa shape index (κ3) is 4.54. The summed E-state index contributed by atoms with van der Waals surface area (Å²) in [6, 6.07) is 7.85. The Morgan fingerprint density at radius 2 is 1.76 bits per heavy atom. The van der Waals surface area contributed by atoms with Gasteiger partial charge in [-0.25, -0.2) is 4.79 Å². The maximum Gasteiger partial charge on any atom is 0.412 e. The molecule has 1 heterocycles. The number of fused-ring (bicyclic) bond motifs is 6. The lowest BCUT2D eigenvalue weighted by atomic mass is 9.43. The first-order valence-corrected chi connectivity index (χ1v) is 16.1. The first kappa shape index (κ1) is 27.9. The van der Waals surface area contributed by atoms with E-state index in [0.29, 0.717) is 23.4 Å². The number of anilines is 2. The van der Waals surface area contributed by atoms with Crippen LogP contribution in [-0.2, 0) is 14.3 Å². The summed E-state index contributed by atoms with van der Waals surface area (Å²) in [6.45, 7) is 8.62. The smallest absolute Gasteiger partial charge is 0.412 e. The van der Waals surface area contributed by atoms with Crippen LogP contribution in [0.15, 0.2) is 48.1 Å². The molecular formula is C35H45N3O4. The van der Waals surface area contributed by atoms with Gasteiger partial charge in [0.05, 0.1) is 0 Å². The van der Waals surface area contributed by atoms with Crippen LogP contribution in [0.25, 0.3) is 0 Å². The Morgan fingerprint density at radius 3 is 2.48 bits per heavy atom. The van der Waals surface area contributed by atoms with Crippen molar-refractivity contribution in [1.29, 1.82) is 0 Å². The number of piperazine rings is 1. The normalized spacial score (nSPS) is 36.5. The minimum Gasteiger partial charge on any atom is -0.441 e. The molecular weight excluding hydrogens is 526 g/mol. The molecule has 4 saturated carbocycles. The molecule has 1 amide bonds. The van der Waals surface area contributed by atoms with E-state index in [-0.39, 0.29) is 40.3 Å². The van der Waals surface area contributed by atoms with Crippen LogP contribution in [0.5, 0.6) is 0 Å². The molecule has 6 atom stereocenters. The first-order chi connectivity index (χ1) is 20.1. The molecule has 5 fully saturated rings. The van der Waals surface area contributed by atoms with E-state index in [9.17, 15) is 14.4 Å². The fourth-order valence-electron chi connectivity index (χ4n) is 10.3. The third-order valence-electron chi connectivity index (χ3n) is 12.4. The summed E-state index contributed by atoms with van der Waals surface area (Å²) in [5.74, 6) is 1.75. The van der Waals surface area contributed by atoms with Gasteiger partial charge in [0.2, 0.25) is 0 Å². The molecule has 7 nitrogen and oxygen atoms in total. The number of ether oxygens (including phenoxy) is 1. The zero-order valence-corrected chi connectivity index (χ0v) is 25.4. The van der Waals surface area contributed by atoms with Gasteiger partial charge in [-0.1, -0.05) is 25.5 Å². The number of Topliss-reactive ketones (excluding diaryl/α,β-unsaturated/α-hetero) is 1. The highest BCUT2D eigenvalue weighted by Crippen LogP contribution is 2.77. The zero-order chi connectivity index (χ0) is 29.3. The molecule has 0 aromatic heterocycles. The van der Waals surface area contributed by atoms with Crippen molar-refractivity contribution in [3.05, 3.63) is 48.1 Å². The van der Waals surface area contributed by atoms with E-state index in [1.165, 1.54) is 18.4 Å². The second-order valence-electron chi connectivity index (χ2n) is 14.7. The lowest BCUT2D eigenvalue weighted by Gasteiger charge is -2.60. The van der Waals surface area contributed by atoms with Crippen LogP contribution in [0.3, 0.4) is 0 Å². The van der Waals surface area contributed by atoms with E-state index in [1.807, 2.05) is 30.3 Å². The number of amides is 1. The number of nitrogens with zero attached hydrogens (tertiary/aromatic N) is 2. The minimum atomic E-state index is -0.573. The Labute approximate surface area is 249 Å². The van der Waals surface area contributed by atoms with Crippen molar-refractivity contribution in [3.8, 4) is 0 Å². The number of nitrogens with one attached hydrogen (secondary N) is 1. The molecule has 7 heteroatoms. The van der Waals surface area contributed by atoms with Gasteiger partial charge in [-0.15, -0.1) is 0 Å². The Morgan fingerprint density at radius 1 is 1.02 bits per heavy atom. The number of hydrogen-bond donors (Lipinski definition) is 1.